The molecule has 12 heavy (non-hydrogen) atoms. The summed E-state index contributed by atoms with van der Waals surface area (Å²) in [5.74, 6) is -0.0648. The minimum atomic E-state index is -0.768. The molecule has 5 heteroatoms. The average molecular weight is 357 g/mol. The number of rotatable bonds is 0. The van der Waals surface area contributed by atoms with Crippen molar-refractivity contribution in [3.8, 4) is 0 Å². The van der Waals surface area contributed by atoms with Crippen LogP contribution in [0.3, 0.4) is 0 Å². The summed E-state index contributed by atoms with van der Waals surface area (Å²) in [7, 11) is 5.77. The molecule has 1 rings (SSSR count). The van der Waals surface area contributed by atoms with Gasteiger partial charge in [-0.15, -0.1) is 0 Å². The lowest BCUT2D eigenvalue weighted by molar-refractivity contribution is -0.115. The second-order valence-corrected chi connectivity index (χ2v) is 7.49. The Morgan fingerprint density at radius 3 is 1.83 bits per heavy atom. The summed E-state index contributed by atoms with van der Waals surface area (Å²) in [4.78, 5) is 11.6. The third kappa shape index (κ3) is 1.20. The van der Waals surface area contributed by atoms with Gasteiger partial charge in [0.1, 0.15) is 7.85 Å². The molecule has 0 heterocycles. The van der Waals surface area contributed by atoms with Gasteiger partial charge in [0, 0.05) is 5.41 Å². The number of hydrogen-bond acceptors (Lipinski definition) is 1. The Bertz CT molecular complexity index is 280. The van der Waals surface area contributed by atoms with Gasteiger partial charge in [-0.1, -0.05) is 51.2 Å². The van der Waals surface area contributed by atoms with Crippen molar-refractivity contribution in [2.24, 2.45) is 5.41 Å². The molecule has 2 radical (unpaired) electrons. The summed E-state index contributed by atoms with van der Waals surface area (Å²) in [6.45, 7) is 3.80. The van der Waals surface area contributed by atoms with Crippen LogP contribution in [0.15, 0.2) is 9.95 Å². The van der Waals surface area contributed by atoms with E-state index in [0.717, 1.165) is 0 Å². The van der Waals surface area contributed by atoms with Crippen LogP contribution in [0.2, 0.25) is 0 Å². The first-order chi connectivity index (χ1) is 5.23. The van der Waals surface area contributed by atoms with Gasteiger partial charge >= 0.3 is 0 Å². The van der Waals surface area contributed by atoms with E-state index < -0.39 is 8.65 Å². The lowest BCUT2D eigenvalue weighted by atomic mass is 9.75. The van der Waals surface area contributed by atoms with Crippen LogP contribution < -0.4 is 0 Å². The largest absolute Gasteiger partial charge is 0.291 e. The van der Waals surface area contributed by atoms with Crippen molar-refractivity contribution in [1.82, 2.24) is 0 Å². The van der Waals surface area contributed by atoms with E-state index in [1.807, 2.05) is 13.8 Å². The number of allylic oxidation sites excluding steroid dienone is 2. The van der Waals surface area contributed by atoms with Crippen molar-refractivity contribution in [2.45, 2.75) is 17.1 Å². The number of halogens is 3. The maximum Gasteiger partial charge on any atom is 0.197 e. The fourth-order valence-electron chi connectivity index (χ4n) is 0.987. The van der Waals surface area contributed by atoms with Crippen LogP contribution in [0.4, 0.5) is 0 Å². The number of hydrogen-bond donors (Lipinski definition) is 0. The molecule has 0 aromatic heterocycles. The third-order valence-electron chi connectivity index (χ3n) is 2.18. The minimum Gasteiger partial charge on any atom is -0.291 e. The van der Waals surface area contributed by atoms with Crippen LogP contribution in [0.5, 0.6) is 0 Å². The molecule has 0 aromatic carbocycles. The van der Waals surface area contributed by atoms with E-state index in [4.69, 9.17) is 7.85 Å². The highest BCUT2D eigenvalue weighted by molar-refractivity contribution is 9.26. The summed E-state index contributed by atoms with van der Waals surface area (Å²) >= 11 is 9.82. The Balaban J connectivity index is 3.31. The molecule has 0 saturated carbocycles. The normalized spacial score (nSPS) is 26.6. The Labute approximate surface area is 98.1 Å². The van der Waals surface area contributed by atoms with E-state index >= 15 is 0 Å². The molecular weight excluding hydrogens is 351 g/mol. The molecule has 0 fully saturated rings. The second-order valence-electron chi connectivity index (χ2n) is 3.26. The first-order valence-electron chi connectivity index (χ1n) is 3.31. The van der Waals surface area contributed by atoms with Gasteiger partial charge in [0.05, 0.1) is 4.48 Å². The van der Waals surface area contributed by atoms with Crippen LogP contribution in [-0.4, -0.2) is 16.9 Å². The molecule has 0 spiro atoms. The number of carbonyl (C=O) groups excluding carboxylic acids is 1. The Morgan fingerprint density at radius 1 is 1.33 bits per heavy atom. The maximum absolute atomic E-state index is 11.6. The van der Waals surface area contributed by atoms with Crippen molar-refractivity contribution in [3.63, 3.8) is 0 Å². The lowest BCUT2D eigenvalue weighted by Crippen LogP contribution is -2.35. The molecule has 0 atom stereocenters. The number of alkyl halides is 2. The molecular formula is C7H6BBr3O. The van der Waals surface area contributed by atoms with Gasteiger partial charge < -0.3 is 0 Å². The van der Waals surface area contributed by atoms with Gasteiger partial charge in [-0.05, 0) is 15.9 Å². The molecule has 0 amide bonds. The van der Waals surface area contributed by atoms with Crippen molar-refractivity contribution in [1.29, 1.82) is 0 Å². The van der Waals surface area contributed by atoms with E-state index in [2.05, 4.69) is 47.8 Å². The second kappa shape index (κ2) is 2.96. The van der Waals surface area contributed by atoms with Gasteiger partial charge in [0.25, 0.3) is 0 Å². The lowest BCUT2D eigenvalue weighted by Gasteiger charge is -2.31. The molecule has 64 valence electrons. The van der Waals surface area contributed by atoms with Gasteiger partial charge in [-0.3, -0.25) is 4.79 Å². The van der Waals surface area contributed by atoms with Gasteiger partial charge in [0.15, 0.2) is 9.02 Å². The van der Waals surface area contributed by atoms with Gasteiger partial charge in [-0.25, -0.2) is 0 Å². The Hall–Kier alpha value is 0.915. The highest BCUT2D eigenvalue weighted by Gasteiger charge is 2.54. The average Bonchev–Trinajstić information content (AvgIpc) is 2.05. The van der Waals surface area contributed by atoms with E-state index in [0.29, 0.717) is 9.95 Å². The summed E-state index contributed by atoms with van der Waals surface area (Å²) in [5.41, 5.74) is 0.157. The molecule has 1 aliphatic carbocycles. The van der Waals surface area contributed by atoms with Crippen LogP contribution in [0.25, 0.3) is 0 Å². The number of Topliss-reactive ketones (excluding diaryl/α,β-unsaturated/α-hetero) is 1. The van der Waals surface area contributed by atoms with Crippen LogP contribution in [0, 0.1) is 5.41 Å². The van der Waals surface area contributed by atoms with E-state index in [1.165, 1.54) is 0 Å². The first kappa shape index (κ1) is 11.0. The smallest absolute Gasteiger partial charge is 0.197 e. The SMILES string of the molecule is [B]C1=C(Br)C(=O)C(Br)(Br)C1(C)C. The van der Waals surface area contributed by atoms with Crippen molar-refractivity contribution >= 4 is 61.4 Å². The summed E-state index contributed by atoms with van der Waals surface area (Å²) < 4.78 is -0.308. The first-order valence-corrected chi connectivity index (χ1v) is 5.69. The van der Waals surface area contributed by atoms with Gasteiger partial charge in [-0.2, -0.15) is 0 Å². The molecule has 0 bridgehead atoms. The zero-order valence-corrected chi connectivity index (χ0v) is 11.4. The van der Waals surface area contributed by atoms with Crippen LogP contribution >= 0.6 is 47.8 Å². The number of carbonyl (C=O) groups is 1. The van der Waals surface area contributed by atoms with Crippen molar-refractivity contribution < 1.29 is 4.79 Å². The van der Waals surface area contributed by atoms with Crippen LogP contribution in [-0.2, 0) is 4.79 Å². The summed E-state index contributed by atoms with van der Waals surface area (Å²) in [6.07, 6.45) is 0. The molecule has 0 aliphatic heterocycles. The molecule has 1 nitrogen and oxygen atoms in total. The molecule has 0 unspecified atom stereocenters. The van der Waals surface area contributed by atoms with Crippen molar-refractivity contribution in [3.05, 3.63) is 9.95 Å². The Morgan fingerprint density at radius 2 is 1.75 bits per heavy atom. The summed E-state index contributed by atoms with van der Waals surface area (Å²) in [5, 5.41) is 0. The maximum atomic E-state index is 11.6. The fraction of sp³-hybridized carbons (Fsp3) is 0.571. The predicted octanol–water partition coefficient (Wildman–Crippen LogP) is 2.86. The predicted molar refractivity (Wildman–Crippen MR) is 61.1 cm³/mol. The zero-order chi connectivity index (χ0) is 9.73. The monoisotopic (exact) mass is 354 g/mol. The van der Waals surface area contributed by atoms with E-state index in [-0.39, 0.29) is 5.78 Å². The fourth-order valence-corrected chi connectivity index (χ4v) is 3.14. The Kier molecular flexibility index (Phi) is 2.71. The highest BCUT2D eigenvalue weighted by atomic mass is 79.9. The van der Waals surface area contributed by atoms with Crippen LogP contribution in [0.1, 0.15) is 13.8 Å². The number of ketones is 1. The molecule has 0 N–H and O–H groups in total. The third-order valence-corrected chi connectivity index (χ3v) is 5.67. The van der Waals surface area contributed by atoms with E-state index in [9.17, 15) is 4.79 Å². The standard InChI is InChI=1S/C7H6BBr3O/c1-6(2)4(8)3(9)5(12)7(6,10)11/h1-2H3. The minimum absolute atomic E-state index is 0.0648. The molecule has 0 aromatic rings. The zero-order valence-electron chi connectivity index (χ0n) is 6.62. The van der Waals surface area contributed by atoms with Crippen molar-refractivity contribution in [2.75, 3.05) is 0 Å². The molecule has 0 saturated heterocycles. The topological polar surface area (TPSA) is 17.1 Å². The molecule has 1 aliphatic rings. The summed E-state index contributed by atoms with van der Waals surface area (Å²) in [6, 6.07) is 0. The van der Waals surface area contributed by atoms with Gasteiger partial charge in [0.2, 0.25) is 0 Å². The quantitative estimate of drug-likeness (QED) is 0.482. The van der Waals surface area contributed by atoms with E-state index in [1.54, 1.807) is 0 Å². The highest BCUT2D eigenvalue weighted by Crippen LogP contribution is 2.56.